The first-order valence-electron chi connectivity index (χ1n) is 6.92. The molecule has 2 heterocycles. The van der Waals surface area contributed by atoms with Crippen molar-refractivity contribution in [3.8, 4) is 0 Å². The average molecular weight is 306 g/mol. The van der Waals surface area contributed by atoms with Crippen LogP contribution < -0.4 is 5.32 Å². The first kappa shape index (κ1) is 14.5. The summed E-state index contributed by atoms with van der Waals surface area (Å²) in [5, 5.41) is 12.6. The van der Waals surface area contributed by atoms with Crippen LogP contribution >= 0.6 is 0 Å². The molecule has 7 heteroatoms. The molecule has 0 bridgehead atoms. The third-order valence-corrected chi connectivity index (χ3v) is 3.94. The van der Waals surface area contributed by atoms with E-state index in [9.17, 15) is 19.1 Å². The van der Waals surface area contributed by atoms with Gasteiger partial charge in [0, 0.05) is 37.0 Å². The van der Waals surface area contributed by atoms with Crippen molar-refractivity contribution >= 4 is 22.8 Å². The number of ether oxygens (including phenoxy) is 1. The van der Waals surface area contributed by atoms with Crippen LogP contribution in [0.1, 0.15) is 23.3 Å². The van der Waals surface area contributed by atoms with E-state index in [-0.39, 0.29) is 31.7 Å². The smallest absolute Gasteiger partial charge is 0.329 e. The van der Waals surface area contributed by atoms with Crippen molar-refractivity contribution in [2.45, 2.75) is 18.4 Å². The van der Waals surface area contributed by atoms with Crippen molar-refractivity contribution in [2.75, 3.05) is 13.2 Å². The number of benzene rings is 1. The maximum absolute atomic E-state index is 13.2. The molecule has 0 spiro atoms. The second-order valence-electron chi connectivity index (χ2n) is 5.37. The van der Waals surface area contributed by atoms with E-state index in [4.69, 9.17) is 4.74 Å². The lowest BCUT2D eigenvalue weighted by atomic mass is 9.90. The Morgan fingerprint density at radius 1 is 1.27 bits per heavy atom. The third-order valence-electron chi connectivity index (χ3n) is 3.94. The minimum absolute atomic E-state index is 0.202. The Kier molecular flexibility index (Phi) is 3.58. The molecule has 116 valence electrons. The molecule has 3 rings (SSSR count). The summed E-state index contributed by atoms with van der Waals surface area (Å²) in [6, 6.07) is 5.63. The van der Waals surface area contributed by atoms with E-state index in [2.05, 4.69) is 10.3 Å². The molecular formula is C15H15FN2O4. The zero-order valence-corrected chi connectivity index (χ0v) is 11.7. The summed E-state index contributed by atoms with van der Waals surface area (Å²) in [5.41, 5.74) is -0.506. The predicted molar refractivity (Wildman–Crippen MR) is 76.1 cm³/mol. The number of rotatable bonds is 3. The number of amides is 1. The highest BCUT2D eigenvalue weighted by Gasteiger charge is 2.41. The van der Waals surface area contributed by atoms with E-state index >= 15 is 0 Å². The zero-order valence-electron chi connectivity index (χ0n) is 11.7. The van der Waals surface area contributed by atoms with Gasteiger partial charge in [0.25, 0.3) is 5.91 Å². The number of carboxylic acids is 1. The number of hydrogen-bond acceptors (Lipinski definition) is 3. The van der Waals surface area contributed by atoms with Gasteiger partial charge in [-0.15, -0.1) is 0 Å². The topological polar surface area (TPSA) is 91.4 Å². The summed E-state index contributed by atoms with van der Waals surface area (Å²) < 4.78 is 18.3. The summed E-state index contributed by atoms with van der Waals surface area (Å²) in [4.78, 5) is 26.7. The summed E-state index contributed by atoms with van der Waals surface area (Å²) in [5.74, 6) is -2.00. The summed E-state index contributed by atoms with van der Waals surface area (Å²) in [6.45, 7) is 0.564. The fourth-order valence-corrected chi connectivity index (χ4v) is 2.62. The van der Waals surface area contributed by atoms with E-state index in [0.717, 1.165) is 0 Å². The SMILES string of the molecule is O=C(NC1(C(=O)O)CCOCC1)c1cc2cc(F)ccc2[nH]1. The third kappa shape index (κ3) is 2.55. The van der Waals surface area contributed by atoms with Gasteiger partial charge >= 0.3 is 5.97 Å². The van der Waals surface area contributed by atoms with Crippen LogP contribution in [0.15, 0.2) is 24.3 Å². The summed E-state index contributed by atoms with van der Waals surface area (Å²) >= 11 is 0. The molecule has 6 nitrogen and oxygen atoms in total. The number of carbonyl (C=O) groups is 2. The van der Waals surface area contributed by atoms with Crippen LogP contribution in [0.3, 0.4) is 0 Å². The molecule has 2 aromatic rings. The molecule has 1 fully saturated rings. The van der Waals surface area contributed by atoms with Crippen molar-refractivity contribution in [2.24, 2.45) is 0 Å². The average Bonchev–Trinajstić information content (AvgIpc) is 2.91. The van der Waals surface area contributed by atoms with Gasteiger partial charge in [-0.1, -0.05) is 0 Å². The zero-order chi connectivity index (χ0) is 15.7. The Bertz CT molecular complexity index is 734. The highest BCUT2D eigenvalue weighted by Crippen LogP contribution is 2.23. The number of fused-ring (bicyclic) bond motifs is 1. The van der Waals surface area contributed by atoms with Gasteiger partial charge < -0.3 is 20.1 Å². The van der Waals surface area contributed by atoms with Crippen molar-refractivity contribution < 1.29 is 23.8 Å². The Morgan fingerprint density at radius 3 is 2.68 bits per heavy atom. The van der Waals surface area contributed by atoms with E-state index in [1.807, 2.05) is 0 Å². The van der Waals surface area contributed by atoms with Crippen LogP contribution in [0.2, 0.25) is 0 Å². The van der Waals surface area contributed by atoms with E-state index in [1.54, 1.807) is 0 Å². The maximum atomic E-state index is 13.2. The molecule has 1 aliphatic rings. The normalized spacial score (nSPS) is 17.3. The fourth-order valence-electron chi connectivity index (χ4n) is 2.62. The van der Waals surface area contributed by atoms with Crippen LogP contribution in [0, 0.1) is 5.82 Å². The molecular weight excluding hydrogens is 291 g/mol. The van der Waals surface area contributed by atoms with Crippen LogP contribution in [-0.2, 0) is 9.53 Å². The molecule has 1 aromatic carbocycles. The molecule has 0 radical (unpaired) electrons. The number of halogens is 1. The van der Waals surface area contributed by atoms with E-state index in [0.29, 0.717) is 10.9 Å². The van der Waals surface area contributed by atoms with Crippen molar-refractivity contribution in [1.29, 1.82) is 0 Å². The van der Waals surface area contributed by atoms with Gasteiger partial charge in [0.2, 0.25) is 0 Å². The summed E-state index contributed by atoms with van der Waals surface area (Å²) in [7, 11) is 0. The number of H-pyrrole nitrogens is 1. The van der Waals surface area contributed by atoms with Gasteiger partial charge in [-0.05, 0) is 24.3 Å². The van der Waals surface area contributed by atoms with Crippen LogP contribution in [0.25, 0.3) is 10.9 Å². The standard InChI is InChI=1S/C15H15FN2O4/c16-10-1-2-11-9(7-10)8-12(17-11)13(19)18-15(14(20)21)3-5-22-6-4-15/h1-2,7-8,17H,3-6H2,(H,18,19)(H,20,21). The Hall–Kier alpha value is -2.41. The molecule has 1 saturated heterocycles. The Morgan fingerprint density at radius 2 is 2.00 bits per heavy atom. The molecule has 0 saturated carbocycles. The number of carboxylic acid groups (broad SMARTS) is 1. The molecule has 22 heavy (non-hydrogen) atoms. The van der Waals surface area contributed by atoms with Gasteiger partial charge in [-0.2, -0.15) is 0 Å². The molecule has 1 aliphatic heterocycles. The minimum atomic E-state index is -1.32. The second-order valence-corrected chi connectivity index (χ2v) is 5.37. The van der Waals surface area contributed by atoms with Gasteiger partial charge in [0.1, 0.15) is 17.1 Å². The molecule has 0 unspecified atom stereocenters. The van der Waals surface area contributed by atoms with E-state index in [1.165, 1.54) is 24.3 Å². The van der Waals surface area contributed by atoms with Crippen molar-refractivity contribution in [1.82, 2.24) is 10.3 Å². The number of hydrogen-bond donors (Lipinski definition) is 3. The lowest BCUT2D eigenvalue weighted by Gasteiger charge is -2.33. The first-order valence-corrected chi connectivity index (χ1v) is 6.92. The second kappa shape index (κ2) is 5.42. The minimum Gasteiger partial charge on any atom is -0.480 e. The molecule has 1 aromatic heterocycles. The van der Waals surface area contributed by atoms with E-state index < -0.39 is 23.2 Å². The predicted octanol–water partition coefficient (Wildman–Crippen LogP) is 1.67. The van der Waals surface area contributed by atoms with Crippen molar-refractivity contribution in [3.05, 3.63) is 35.8 Å². The van der Waals surface area contributed by atoms with Crippen LogP contribution in [-0.4, -0.2) is 40.7 Å². The highest BCUT2D eigenvalue weighted by molar-refractivity contribution is 6.00. The number of nitrogens with one attached hydrogen (secondary N) is 2. The summed E-state index contributed by atoms with van der Waals surface area (Å²) in [6.07, 6.45) is 0.422. The van der Waals surface area contributed by atoms with Gasteiger partial charge in [-0.25, -0.2) is 9.18 Å². The number of aromatic nitrogens is 1. The Balaban J connectivity index is 1.86. The maximum Gasteiger partial charge on any atom is 0.329 e. The van der Waals surface area contributed by atoms with Crippen LogP contribution in [0.4, 0.5) is 4.39 Å². The largest absolute Gasteiger partial charge is 0.480 e. The first-order chi connectivity index (χ1) is 10.5. The molecule has 3 N–H and O–H groups in total. The highest BCUT2D eigenvalue weighted by atomic mass is 19.1. The number of carbonyl (C=O) groups excluding carboxylic acids is 1. The Labute approximate surface area is 125 Å². The monoisotopic (exact) mass is 306 g/mol. The quantitative estimate of drug-likeness (QED) is 0.804. The molecule has 0 atom stereocenters. The van der Waals surface area contributed by atoms with Gasteiger partial charge in [-0.3, -0.25) is 4.79 Å². The lowest BCUT2D eigenvalue weighted by Crippen LogP contribution is -2.57. The van der Waals surface area contributed by atoms with Gasteiger partial charge in [0.15, 0.2) is 0 Å². The van der Waals surface area contributed by atoms with Crippen LogP contribution in [0.5, 0.6) is 0 Å². The van der Waals surface area contributed by atoms with Gasteiger partial charge in [0.05, 0.1) is 0 Å². The number of aromatic amines is 1. The lowest BCUT2D eigenvalue weighted by molar-refractivity contribution is -0.148. The number of aliphatic carboxylic acids is 1. The molecule has 0 aliphatic carbocycles. The van der Waals surface area contributed by atoms with Crippen molar-refractivity contribution in [3.63, 3.8) is 0 Å². The fraction of sp³-hybridized carbons (Fsp3) is 0.333. The molecule has 1 amide bonds.